The highest BCUT2D eigenvalue weighted by Gasteiger charge is 2.31. The van der Waals surface area contributed by atoms with Crippen LogP contribution in [0.5, 0.6) is 0 Å². The van der Waals surface area contributed by atoms with Crippen LogP contribution in [0.2, 0.25) is 0 Å². The summed E-state index contributed by atoms with van der Waals surface area (Å²) < 4.78 is 1.18. The number of fused-ring (bicyclic) bond motifs is 2. The molecule has 4 nitrogen and oxygen atoms in total. The molecule has 2 aromatic carbocycles. The molecule has 3 heterocycles. The molecule has 0 spiro atoms. The van der Waals surface area contributed by atoms with E-state index in [1.54, 1.807) is 17.5 Å². The number of hydrogen-bond donors (Lipinski definition) is 0. The topological polar surface area (TPSA) is 46.1 Å². The molecule has 1 unspecified atom stereocenters. The predicted octanol–water partition coefficient (Wildman–Crippen LogP) is 5.21. The molecule has 4 aromatic rings. The van der Waals surface area contributed by atoms with Gasteiger partial charge in [-0.15, -0.1) is 11.3 Å². The molecule has 5 rings (SSSR count). The molecule has 1 saturated heterocycles. The zero-order chi connectivity index (χ0) is 18.2. The van der Waals surface area contributed by atoms with Crippen molar-refractivity contribution in [1.29, 1.82) is 0 Å². The van der Waals surface area contributed by atoms with Gasteiger partial charge in [-0.3, -0.25) is 9.78 Å². The van der Waals surface area contributed by atoms with E-state index in [1.807, 2.05) is 53.4 Å². The largest absolute Gasteiger partial charge is 0.329 e. The SMILES string of the molecule is O=C(c1cccc2ncccc12)N1CCCCC1c1nc2ccccc2s1. The number of benzene rings is 2. The Bertz CT molecular complexity index is 1100. The maximum Gasteiger partial charge on any atom is 0.255 e. The minimum Gasteiger partial charge on any atom is -0.329 e. The summed E-state index contributed by atoms with van der Waals surface area (Å²) in [4.78, 5) is 24.7. The minimum absolute atomic E-state index is 0.0515. The molecule has 0 bridgehead atoms. The number of rotatable bonds is 2. The van der Waals surface area contributed by atoms with Gasteiger partial charge in [-0.1, -0.05) is 24.3 Å². The summed E-state index contributed by atoms with van der Waals surface area (Å²) in [7, 11) is 0. The number of hydrogen-bond acceptors (Lipinski definition) is 4. The number of amides is 1. The van der Waals surface area contributed by atoms with Gasteiger partial charge in [-0.25, -0.2) is 4.98 Å². The molecule has 5 heteroatoms. The van der Waals surface area contributed by atoms with E-state index in [0.29, 0.717) is 0 Å². The second-order valence-corrected chi connectivity index (χ2v) is 7.97. The van der Waals surface area contributed by atoms with Crippen molar-refractivity contribution >= 4 is 38.4 Å². The fourth-order valence-corrected chi connectivity index (χ4v) is 5.02. The highest BCUT2D eigenvalue weighted by Crippen LogP contribution is 2.37. The first kappa shape index (κ1) is 16.4. The molecule has 1 amide bonds. The quantitative estimate of drug-likeness (QED) is 0.484. The summed E-state index contributed by atoms with van der Waals surface area (Å²) >= 11 is 1.71. The third-order valence-electron chi connectivity index (χ3n) is 5.24. The number of pyridine rings is 1. The molecule has 0 aliphatic carbocycles. The molecule has 27 heavy (non-hydrogen) atoms. The van der Waals surface area contributed by atoms with Crippen molar-refractivity contribution in [3.05, 3.63) is 71.4 Å². The number of aromatic nitrogens is 2. The van der Waals surface area contributed by atoms with Crippen LogP contribution in [0, 0.1) is 0 Å². The molecular formula is C22H19N3OS. The average molecular weight is 373 g/mol. The summed E-state index contributed by atoms with van der Waals surface area (Å²) in [5.41, 5.74) is 2.61. The molecule has 0 saturated carbocycles. The molecule has 0 N–H and O–H groups in total. The number of carbonyl (C=O) groups is 1. The Balaban J connectivity index is 1.56. The highest BCUT2D eigenvalue weighted by atomic mass is 32.1. The van der Waals surface area contributed by atoms with Gasteiger partial charge in [0, 0.05) is 23.7 Å². The fraction of sp³-hybridized carbons (Fsp3) is 0.227. The van der Waals surface area contributed by atoms with Gasteiger partial charge < -0.3 is 4.90 Å². The Kier molecular flexibility index (Phi) is 4.09. The van der Waals surface area contributed by atoms with Crippen LogP contribution in [0.25, 0.3) is 21.1 Å². The van der Waals surface area contributed by atoms with Crippen molar-refractivity contribution in [2.24, 2.45) is 0 Å². The lowest BCUT2D eigenvalue weighted by Crippen LogP contribution is -2.38. The van der Waals surface area contributed by atoms with E-state index in [1.165, 1.54) is 4.70 Å². The van der Waals surface area contributed by atoms with Gasteiger partial charge in [-0.05, 0) is 49.6 Å². The lowest BCUT2D eigenvalue weighted by atomic mass is 10.00. The van der Waals surface area contributed by atoms with Crippen molar-refractivity contribution in [2.75, 3.05) is 6.54 Å². The van der Waals surface area contributed by atoms with Crippen LogP contribution < -0.4 is 0 Å². The van der Waals surface area contributed by atoms with Gasteiger partial charge in [0.15, 0.2) is 0 Å². The molecule has 2 aromatic heterocycles. The Labute approximate surface area is 161 Å². The fourth-order valence-electron chi connectivity index (χ4n) is 3.91. The first-order chi connectivity index (χ1) is 13.3. The Hall–Kier alpha value is -2.79. The van der Waals surface area contributed by atoms with Crippen LogP contribution in [0.15, 0.2) is 60.8 Å². The second kappa shape index (κ2) is 6.74. The van der Waals surface area contributed by atoms with Crippen LogP contribution >= 0.6 is 11.3 Å². The number of thiazole rings is 1. The summed E-state index contributed by atoms with van der Waals surface area (Å²) in [6, 6.07) is 17.9. The maximum atomic E-state index is 13.5. The zero-order valence-corrected chi connectivity index (χ0v) is 15.7. The third-order valence-corrected chi connectivity index (χ3v) is 6.37. The van der Waals surface area contributed by atoms with Crippen molar-refractivity contribution in [1.82, 2.24) is 14.9 Å². The smallest absolute Gasteiger partial charge is 0.255 e. The lowest BCUT2D eigenvalue weighted by molar-refractivity contribution is 0.0613. The van der Waals surface area contributed by atoms with Crippen molar-refractivity contribution in [2.45, 2.75) is 25.3 Å². The first-order valence-corrected chi connectivity index (χ1v) is 10.1. The monoisotopic (exact) mass is 373 g/mol. The highest BCUT2D eigenvalue weighted by molar-refractivity contribution is 7.18. The zero-order valence-electron chi connectivity index (χ0n) is 14.8. The minimum atomic E-state index is 0.0515. The summed E-state index contributed by atoms with van der Waals surface area (Å²) in [6.07, 6.45) is 4.90. The molecule has 1 atom stereocenters. The van der Waals surface area contributed by atoms with Crippen molar-refractivity contribution in [3.8, 4) is 0 Å². The molecule has 1 fully saturated rings. The van der Waals surface area contributed by atoms with Crippen molar-refractivity contribution in [3.63, 3.8) is 0 Å². The summed E-state index contributed by atoms with van der Waals surface area (Å²) in [5.74, 6) is 0.0811. The van der Waals surface area contributed by atoms with Gasteiger partial charge >= 0.3 is 0 Å². The Morgan fingerprint density at radius 3 is 2.81 bits per heavy atom. The van der Waals surface area contributed by atoms with Crippen LogP contribution in [0.3, 0.4) is 0 Å². The number of nitrogens with zero attached hydrogens (tertiary/aromatic N) is 3. The van der Waals surface area contributed by atoms with Crippen LogP contribution in [0.4, 0.5) is 0 Å². The van der Waals surface area contributed by atoms with Crippen molar-refractivity contribution < 1.29 is 4.79 Å². The molecule has 1 aliphatic rings. The van der Waals surface area contributed by atoms with Gasteiger partial charge in [-0.2, -0.15) is 0 Å². The van der Waals surface area contributed by atoms with Crippen LogP contribution in [0.1, 0.15) is 40.7 Å². The Morgan fingerprint density at radius 2 is 1.89 bits per heavy atom. The van der Waals surface area contributed by atoms with E-state index < -0.39 is 0 Å². The predicted molar refractivity (Wildman–Crippen MR) is 109 cm³/mol. The summed E-state index contributed by atoms with van der Waals surface area (Å²) in [5, 5.41) is 1.96. The average Bonchev–Trinajstić information content (AvgIpc) is 3.17. The van der Waals surface area contributed by atoms with Crippen LogP contribution in [-0.4, -0.2) is 27.3 Å². The standard InChI is InChI=1S/C22H19N3OS/c26-22(16-7-5-10-17-15(16)8-6-13-23-17)25-14-4-3-11-19(25)21-24-18-9-1-2-12-20(18)27-21/h1-2,5-10,12-13,19H,3-4,11,14H2. The summed E-state index contributed by atoms with van der Waals surface area (Å²) in [6.45, 7) is 0.774. The van der Waals surface area contributed by atoms with Gasteiger partial charge in [0.1, 0.15) is 5.01 Å². The third kappa shape index (κ3) is 2.88. The maximum absolute atomic E-state index is 13.5. The van der Waals surface area contributed by atoms with Gasteiger partial charge in [0.2, 0.25) is 0 Å². The van der Waals surface area contributed by atoms with Gasteiger partial charge in [0.25, 0.3) is 5.91 Å². The number of likely N-dealkylation sites (tertiary alicyclic amines) is 1. The van der Waals surface area contributed by atoms with E-state index in [2.05, 4.69) is 11.1 Å². The van der Waals surface area contributed by atoms with E-state index in [0.717, 1.165) is 52.8 Å². The number of para-hydroxylation sites is 1. The van der Waals surface area contributed by atoms with E-state index in [9.17, 15) is 4.79 Å². The van der Waals surface area contributed by atoms with Crippen LogP contribution in [-0.2, 0) is 0 Å². The van der Waals surface area contributed by atoms with E-state index >= 15 is 0 Å². The Morgan fingerprint density at radius 1 is 1.00 bits per heavy atom. The number of carbonyl (C=O) groups excluding carboxylic acids is 1. The molecular weight excluding hydrogens is 354 g/mol. The van der Waals surface area contributed by atoms with E-state index in [4.69, 9.17) is 4.98 Å². The molecule has 0 radical (unpaired) electrons. The first-order valence-electron chi connectivity index (χ1n) is 9.31. The lowest BCUT2D eigenvalue weighted by Gasteiger charge is -2.34. The normalized spacial score (nSPS) is 17.5. The molecule has 1 aliphatic heterocycles. The van der Waals surface area contributed by atoms with E-state index in [-0.39, 0.29) is 11.9 Å². The second-order valence-electron chi connectivity index (χ2n) is 6.91. The number of piperidine rings is 1. The molecule has 134 valence electrons. The van der Waals surface area contributed by atoms with Gasteiger partial charge in [0.05, 0.1) is 21.8 Å².